The van der Waals surface area contributed by atoms with Crippen LogP contribution in [0.25, 0.3) is 32.6 Å². The summed E-state index contributed by atoms with van der Waals surface area (Å²) in [5.41, 5.74) is 3.20. The van der Waals surface area contributed by atoms with Crippen LogP contribution in [0.5, 0.6) is 5.75 Å². The Hall–Kier alpha value is -2.66. The van der Waals surface area contributed by atoms with Crippen LogP contribution in [0.2, 0.25) is 0 Å². The summed E-state index contributed by atoms with van der Waals surface area (Å²) < 4.78 is 22.8. The highest BCUT2D eigenvalue weighted by Gasteiger charge is 2.17. The molecular formula is C24H26FN3O. The minimum atomic E-state index is -0.300. The van der Waals surface area contributed by atoms with Gasteiger partial charge in [0.2, 0.25) is 0 Å². The number of piperidine rings is 1. The minimum Gasteiger partial charge on any atom is -0.489 e. The molecule has 0 bridgehead atoms. The lowest BCUT2D eigenvalue weighted by Crippen LogP contribution is -2.33. The smallest absolute Gasteiger partial charge is 0.167 e. The zero-order valence-electron chi connectivity index (χ0n) is 17.0. The van der Waals surface area contributed by atoms with E-state index in [0.29, 0.717) is 12.4 Å². The number of likely N-dealkylation sites (tertiary alicyclic amines) is 1. The molecule has 2 aromatic carbocycles. The van der Waals surface area contributed by atoms with E-state index in [2.05, 4.69) is 27.4 Å². The number of pyridine rings is 1. The molecule has 0 aliphatic carbocycles. The maximum atomic E-state index is 14.8. The molecule has 29 heavy (non-hydrogen) atoms. The molecule has 0 atom stereocenters. The van der Waals surface area contributed by atoms with Gasteiger partial charge in [-0.3, -0.25) is 9.88 Å². The number of fused-ring (bicyclic) bond motifs is 4. The van der Waals surface area contributed by atoms with Crippen LogP contribution in [-0.2, 0) is 7.05 Å². The van der Waals surface area contributed by atoms with E-state index in [0.717, 1.165) is 46.8 Å². The van der Waals surface area contributed by atoms with Crippen molar-refractivity contribution in [2.75, 3.05) is 26.2 Å². The van der Waals surface area contributed by atoms with Gasteiger partial charge in [-0.1, -0.05) is 6.42 Å². The molecule has 0 radical (unpaired) electrons. The summed E-state index contributed by atoms with van der Waals surface area (Å²) in [7, 11) is 2.00. The lowest BCUT2D eigenvalue weighted by atomic mass is 10.0. The van der Waals surface area contributed by atoms with Crippen LogP contribution in [0, 0.1) is 12.7 Å². The number of aromatic nitrogens is 2. The van der Waals surface area contributed by atoms with Gasteiger partial charge in [-0.25, -0.2) is 4.39 Å². The third kappa shape index (κ3) is 3.14. The normalized spacial score (nSPS) is 15.6. The summed E-state index contributed by atoms with van der Waals surface area (Å²) in [6, 6.07) is 7.67. The monoisotopic (exact) mass is 391 g/mol. The molecule has 2 aromatic heterocycles. The number of nitrogens with zero attached hydrogens (tertiary/aromatic N) is 3. The summed E-state index contributed by atoms with van der Waals surface area (Å²) in [4.78, 5) is 6.67. The molecule has 1 aliphatic rings. The van der Waals surface area contributed by atoms with Crippen molar-refractivity contribution in [2.45, 2.75) is 26.2 Å². The Balaban J connectivity index is 1.55. The fourth-order valence-electron chi connectivity index (χ4n) is 4.79. The van der Waals surface area contributed by atoms with Crippen molar-refractivity contribution in [3.05, 3.63) is 48.0 Å². The maximum absolute atomic E-state index is 14.8. The van der Waals surface area contributed by atoms with E-state index in [1.54, 1.807) is 6.07 Å². The van der Waals surface area contributed by atoms with Crippen LogP contribution < -0.4 is 4.74 Å². The summed E-state index contributed by atoms with van der Waals surface area (Å²) in [5.74, 6) is 0.0388. The fraction of sp³-hybridized carbons (Fsp3) is 0.375. The lowest BCUT2D eigenvalue weighted by Gasteiger charge is -2.26. The van der Waals surface area contributed by atoms with E-state index >= 15 is 0 Å². The first kappa shape index (κ1) is 18.4. The molecule has 0 saturated carbocycles. The molecule has 3 heterocycles. The van der Waals surface area contributed by atoms with Crippen molar-refractivity contribution >= 4 is 32.6 Å². The molecule has 0 unspecified atom stereocenters. The van der Waals surface area contributed by atoms with Crippen molar-refractivity contribution in [3.8, 4) is 5.75 Å². The van der Waals surface area contributed by atoms with Gasteiger partial charge in [0, 0.05) is 48.2 Å². The first-order valence-corrected chi connectivity index (χ1v) is 10.4. The molecule has 1 fully saturated rings. The molecule has 1 saturated heterocycles. The number of benzene rings is 2. The van der Waals surface area contributed by atoms with Crippen LogP contribution in [0.3, 0.4) is 0 Å². The van der Waals surface area contributed by atoms with Gasteiger partial charge in [0.25, 0.3) is 0 Å². The molecule has 4 aromatic rings. The van der Waals surface area contributed by atoms with Crippen molar-refractivity contribution in [3.63, 3.8) is 0 Å². The molecule has 0 amide bonds. The second-order valence-corrected chi connectivity index (χ2v) is 8.10. The van der Waals surface area contributed by atoms with E-state index in [-0.39, 0.29) is 5.82 Å². The van der Waals surface area contributed by atoms with Gasteiger partial charge in [0.1, 0.15) is 6.61 Å². The Labute approximate surface area is 169 Å². The summed E-state index contributed by atoms with van der Waals surface area (Å²) in [6.07, 6.45) is 7.52. The molecule has 5 rings (SSSR count). The predicted octanol–water partition coefficient (Wildman–Crippen LogP) is 5.19. The third-order valence-electron chi connectivity index (χ3n) is 6.32. The van der Waals surface area contributed by atoms with Gasteiger partial charge in [-0.05, 0) is 62.0 Å². The van der Waals surface area contributed by atoms with Crippen molar-refractivity contribution < 1.29 is 9.13 Å². The summed E-state index contributed by atoms with van der Waals surface area (Å²) in [5, 5.41) is 4.41. The van der Waals surface area contributed by atoms with Crippen LogP contribution in [0.15, 0.2) is 36.7 Å². The van der Waals surface area contributed by atoms with Crippen molar-refractivity contribution in [2.24, 2.45) is 7.05 Å². The standard InChI is InChI=1S/C24H26FN3O/c1-16-18-6-7-26-15-17(18)12-20-19-13-23(21(25)14-22(19)27(2)24(16)20)29-11-10-28-8-4-3-5-9-28/h6-7,12-15H,3-5,8-11H2,1-2H3. The van der Waals surface area contributed by atoms with Gasteiger partial charge < -0.3 is 9.30 Å². The predicted molar refractivity (Wildman–Crippen MR) is 116 cm³/mol. The zero-order chi connectivity index (χ0) is 20.0. The summed E-state index contributed by atoms with van der Waals surface area (Å²) in [6.45, 7) is 5.72. The lowest BCUT2D eigenvalue weighted by molar-refractivity contribution is 0.180. The number of ether oxygens (including phenoxy) is 1. The Kier molecular flexibility index (Phi) is 4.63. The molecular weight excluding hydrogens is 365 g/mol. The number of hydrogen-bond donors (Lipinski definition) is 0. The van der Waals surface area contributed by atoms with Gasteiger partial charge in [-0.2, -0.15) is 0 Å². The molecule has 0 N–H and O–H groups in total. The maximum Gasteiger partial charge on any atom is 0.167 e. The zero-order valence-corrected chi connectivity index (χ0v) is 17.0. The fourth-order valence-corrected chi connectivity index (χ4v) is 4.79. The van der Waals surface area contributed by atoms with Crippen molar-refractivity contribution in [1.29, 1.82) is 0 Å². The first-order chi connectivity index (χ1) is 14.1. The molecule has 150 valence electrons. The quantitative estimate of drug-likeness (QED) is 0.479. The Bertz CT molecular complexity index is 1210. The number of halogens is 1. The third-order valence-corrected chi connectivity index (χ3v) is 6.32. The van der Waals surface area contributed by atoms with E-state index in [9.17, 15) is 4.39 Å². The van der Waals surface area contributed by atoms with E-state index in [4.69, 9.17) is 4.74 Å². The Morgan fingerprint density at radius 1 is 1.07 bits per heavy atom. The van der Waals surface area contributed by atoms with Gasteiger partial charge >= 0.3 is 0 Å². The van der Waals surface area contributed by atoms with E-state index in [1.807, 2.05) is 31.6 Å². The second-order valence-electron chi connectivity index (χ2n) is 8.10. The SMILES string of the molecule is Cc1c2ccncc2cc2c3cc(OCCN4CCCCC4)c(F)cc3n(C)c12. The molecule has 1 aliphatic heterocycles. The largest absolute Gasteiger partial charge is 0.489 e. The molecule has 5 heteroatoms. The number of aryl methyl sites for hydroxylation is 2. The van der Waals surface area contributed by atoms with Crippen LogP contribution in [-0.4, -0.2) is 40.7 Å². The van der Waals surface area contributed by atoms with E-state index < -0.39 is 0 Å². The summed E-state index contributed by atoms with van der Waals surface area (Å²) >= 11 is 0. The van der Waals surface area contributed by atoms with E-state index in [1.165, 1.54) is 30.2 Å². The van der Waals surface area contributed by atoms with Crippen molar-refractivity contribution in [1.82, 2.24) is 14.5 Å². The molecule has 0 spiro atoms. The van der Waals surface area contributed by atoms with Crippen LogP contribution in [0.1, 0.15) is 24.8 Å². The Morgan fingerprint density at radius 2 is 1.90 bits per heavy atom. The first-order valence-electron chi connectivity index (χ1n) is 10.4. The second kappa shape index (κ2) is 7.30. The highest BCUT2D eigenvalue weighted by atomic mass is 19.1. The molecule has 4 nitrogen and oxygen atoms in total. The highest BCUT2D eigenvalue weighted by molar-refractivity contribution is 6.14. The number of rotatable bonds is 4. The Morgan fingerprint density at radius 3 is 2.72 bits per heavy atom. The van der Waals surface area contributed by atoms with Crippen LogP contribution >= 0.6 is 0 Å². The topological polar surface area (TPSA) is 30.3 Å². The van der Waals surface area contributed by atoms with Gasteiger partial charge in [0.05, 0.1) is 11.0 Å². The highest BCUT2D eigenvalue weighted by Crippen LogP contribution is 2.37. The average molecular weight is 391 g/mol. The minimum absolute atomic E-state index is 0.300. The van der Waals surface area contributed by atoms with Gasteiger partial charge in [-0.15, -0.1) is 0 Å². The van der Waals surface area contributed by atoms with Crippen LogP contribution in [0.4, 0.5) is 4.39 Å². The van der Waals surface area contributed by atoms with Gasteiger partial charge in [0.15, 0.2) is 11.6 Å². The average Bonchev–Trinajstić information content (AvgIpc) is 3.00. The number of hydrogen-bond acceptors (Lipinski definition) is 3.